The van der Waals surface area contributed by atoms with Crippen molar-refractivity contribution in [1.29, 1.82) is 0 Å². The van der Waals surface area contributed by atoms with Gasteiger partial charge in [-0.15, -0.1) is 0 Å². The Bertz CT molecular complexity index is 498. The average molecular weight is 304 g/mol. The van der Waals surface area contributed by atoms with E-state index in [1.54, 1.807) is 18.2 Å². The zero-order valence-corrected chi connectivity index (χ0v) is 11.5. The Morgan fingerprint density at radius 3 is 2.25 bits per heavy atom. The summed E-state index contributed by atoms with van der Waals surface area (Å²) in [6.45, 7) is -0.138. The first-order valence-corrected chi connectivity index (χ1v) is 7.25. The molecule has 0 aliphatic carbocycles. The number of benzene rings is 1. The Hall–Kier alpha value is -1.48. The Morgan fingerprint density at radius 2 is 1.60 bits per heavy atom. The lowest BCUT2D eigenvalue weighted by Gasteiger charge is -2.06. The van der Waals surface area contributed by atoms with Crippen molar-refractivity contribution >= 4 is 16.1 Å². The zero-order valence-electron chi connectivity index (χ0n) is 10.7. The molecular weight excluding hydrogens is 288 g/mol. The molecule has 20 heavy (non-hydrogen) atoms. The van der Waals surface area contributed by atoms with Crippen LogP contribution >= 0.6 is 0 Å². The summed E-state index contributed by atoms with van der Waals surface area (Å²) in [4.78, 5) is 10.2. The van der Waals surface area contributed by atoms with Crippen molar-refractivity contribution in [2.24, 2.45) is 0 Å². The average Bonchev–Trinajstić information content (AvgIpc) is 2.42. The number of aliphatic carboxylic acids is 1. The Morgan fingerprint density at radius 1 is 1.00 bits per heavy atom. The lowest BCUT2D eigenvalue weighted by atomic mass is 10.4. The van der Waals surface area contributed by atoms with Gasteiger partial charge >= 0.3 is 5.97 Å². The van der Waals surface area contributed by atoms with Gasteiger partial charge in [-0.3, -0.25) is 4.18 Å². The van der Waals surface area contributed by atoms with Gasteiger partial charge in [0.05, 0.1) is 31.3 Å². The van der Waals surface area contributed by atoms with Crippen molar-refractivity contribution < 1.29 is 32.0 Å². The number of carboxylic acid groups (broad SMARTS) is 1. The predicted molar refractivity (Wildman–Crippen MR) is 68.9 cm³/mol. The molecule has 0 aliphatic rings. The zero-order chi connectivity index (χ0) is 14.8. The third-order valence-electron chi connectivity index (χ3n) is 2.10. The molecular formula is C12H16O7S. The van der Waals surface area contributed by atoms with Crippen LogP contribution in [0.1, 0.15) is 0 Å². The van der Waals surface area contributed by atoms with Crippen LogP contribution in [0, 0.1) is 0 Å². The third kappa shape index (κ3) is 6.62. The van der Waals surface area contributed by atoms with Gasteiger partial charge in [-0.25, -0.2) is 4.79 Å². The molecule has 0 bridgehead atoms. The van der Waals surface area contributed by atoms with Gasteiger partial charge in [0.2, 0.25) is 0 Å². The standard InChI is InChI=1S/C12H16O7S/c13-12(14)10-18-7-6-17-8-9-19-20(15,16)11-4-2-1-3-5-11/h1-5H,6-10H2,(H,13,14). The maximum Gasteiger partial charge on any atom is 0.329 e. The number of carboxylic acids is 1. The van der Waals surface area contributed by atoms with E-state index in [0.717, 1.165) is 0 Å². The molecule has 0 amide bonds. The van der Waals surface area contributed by atoms with Gasteiger partial charge in [-0.1, -0.05) is 18.2 Å². The van der Waals surface area contributed by atoms with Gasteiger partial charge in [-0.2, -0.15) is 8.42 Å². The molecule has 0 aromatic heterocycles. The highest BCUT2D eigenvalue weighted by Gasteiger charge is 2.13. The number of ether oxygens (including phenoxy) is 2. The quantitative estimate of drug-likeness (QED) is 0.496. The fourth-order valence-electron chi connectivity index (χ4n) is 1.24. The second-order valence-corrected chi connectivity index (χ2v) is 5.26. The molecule has 1 N–H and O–H groups in total. The van der Waals surface area contributed by atoms with Crippen LogP contribution < -0.4 is 0 Å². The second-order valence-electron chi connectivity index (χ2n) is 3.65. The van der Waals surface area contributed by atoms with Crippen molar-refractivity contribution in [2.45, 2.75) is 4.90 Å². The first kappa shape index (κ1) is 16.6. The highest BCUT2D eigenvalue weighted by molar-refractivity contribution is 7.86. The molecule has 7 nitrogen and oxygen atoms in total. The molecule has 112 valence electrons. The highest BCUT2D eigenvalue weighted by Crippen LogP contribution is 2.10. The molecule has 0 heterocycles. The number of carbonyl (C=O) groups is 1. The maximum atomic E-state index is 11.7. The molecule has 1 rings (SSSR count). The van der Waals surface area contributed by atoms with Gasteiger partial charge < -0.3 is 14.6 Å². The summed E-state index contributed by atoms with van der Waals surface area (Å²) >= 11 is 0. The summed E-state index contributed by atoms with van der Waals surface area (Å²) in [5, 5.41) is 8.30. The fraction of sp³-hybridized carbons (Fsp3) is 0.417. The number of hydrogen-bond donors (Lipinski definition) is 1. The SMILES string of the molecule is O=C(O)COCCOCCOS(=O)(=O)c1ccccc1. The van der Waals surface area contributed by atoms with E-state index in [4.69, 9.17) is 18.8 Å². The van der Waals surface area contributed by atoms with Crippen LogP contribution in [-0.2, 0) is 28.6 Å². The molecule has 0 aliphatic heterocycles. The summed E-state index contributed by atoms with van der Waals surface area (Å²) in [6.07, 6.45) is 0. The highest BCUT2D eigenvalue weighted by atomic mass is 32.2. The Labute approximate surface area is 117 Å². The van der Waals surface area contributed by atoms with Gasteiger partial charge in [0, 0.05) is 0 Å². The van der Waals surface area contributed by atoms with Crippen molar-refractivity contribution in [2.75, 3.05) is 33.0 Å². The van der Waals surface area contributed by atoms with Gasteiger partial charge in [0.15, 0.2) is 0 Å². The fourth-order valence-corrected chi connectivity index (χ4v) is 2.15. The van der Waals surface area contributed by atoms with Gasteiger partial charge in [0.25, 0.3) is 10.1 Å². The smallest absolute Gasteiger partial charge is 0.329 e. The summed E-state index contributed by atoms with van der Waals surface area (Å²) < 4.78 is 37.9. The van der Waals surface area contributed by atoms with E-state index in [1.807, 2.05) is 0 Å². The molecule has 1 aromatic carbocycles. The molecule has 0 spiro atoms. The maximum absolute atomic E-state index is 11.7. The van der Waals surface area contributed by atoms with Crippen LogP contribution in [0.15, 0.2) is 35.2 Å². The third-order valence-corrected chi connectivity index (χ3v) is 3.42. The minimum Gasteiger partial charge on any atom is -0.480 e. The first-order valence-electron chi connectivity index (χ1n) is 5.84. The molecule has 0 unspecified atom stereocenters. The van der Waals surface area contributed by atoms with E-state index in [9.17, 15) is 13.2 Å². The van der Waals surface area contributed by atoms with Crippen LogP contribution in [-0.4, -0.2) is 52.5 Å². The van der Waals surface area contributed by atoms with Crippen LogP contribution in [0.4, 0.5) is 0 Å². The molecule has 0 atom stereocenters. The van der Waals surface area contributed by atoms with Crippen LogP contribution in [0.5, 0.6) is 0 Å². The monoisotopic (exact) mass is 304 g/mol. The van der Waals surface area contributed by atoms with Gasteiger partial charge in [0.1, 0.15) is 6.61 Å². The van der Waals surface area contributed by atoms with Crippen LogP contribution in [0.2, 0.25) is 0 Å². The number of hydrogen-bond acceptors (Lipinski definition) is 6. The van der Waals surface area contributed by atoms with E-state index in [-0.39, 0.29) is 37.9 Å². The molecule has 0 saturated heterocycles. The molecule has 1 aromatic rings. The van der Waals surface area contributed by atoms with E-state index in [1.165, 1.54) is 12.1 Å². The topological polar surface area (TPSA) is 99.1 Å². The Kier molecular flexibility index (Phi) is 7.16. The molecule has 8 heteroatoms. The molecule has 0 radical (unpaired) electrons. The van der Waals surface area contributed by atoms with Crippen molar-refractivity contribution in [3.05, 3.63) is 30.3 Å². The van der Waals surface area contributed by atoms with Crippen molar-refractivity contribution in [3.8, 4) is 0 Å². The van der Waals surface area contributed by atoms with Gasteiger partial charge in [-0.05, 0) is 12.1 Å². The minimum atomic E-state index is -3.76. The number of rotatable bonds is 10. The van der Waals surface area contributed by atoms with E-state index in [0.29, 0.717) is 0 Å². The minimum absolute atomic E-state index is 0.0719. The van der Waals surface area contributed by atoms with Crippen molar-refractivity contribution in [3.63, 3.8) is 0 Å². The van der Waals surface area contributed by atoms with E-state index >= 15 is 0 Å². The van der Waals surface area contributed by atoms with E-state index in [2.05, 4.69) is 0 Å². The normalized spacial score (nSPS) is 11.4. The second kappa shape index (κ2) is 8.64. The summed E-state index contributed by atoms with van der Waals surface area (Å²) in [5.74, 6) is -1.05. The van der Waals surface area contributed by atoms with E-state index < -0.39 is 16.1 Å². The van der Waals surface area contributed by atoms with Crippen LogP contribution in [0.25, 0.3) is 0 Å². The largest absolute Gasteiger partial charge is 0.480 e. The molecule has 0 saturated carbocycles. The predicted octanol–water partition coefficient (Wildman–Crippen LogP) is 0.510. The summed E-state index contributed by atoms with van der Waals surface area (Å²) in [7, 11) is -3.76. The van der Waals surface area contributed by atoms with Crippen molar-refractivity contribution in [1.82, 2.24) is 0 Å². The first-order chi connectivity index (χ1) is 9.52. The lowest BCUT2D eigenvalue weighted by Crippen LogP contribution is -2.15. The summed E-state index contributed by atoms with van der Waals surface area (Å²) in [6, 6.07) is 7.80. The lowest BCUT2D eigenvalue weighted by molar-refractivity contribution is -0.142. The molecule has 0 fully saturated rings. The Balaban J connectivity index is 2.14. The summed E-state index contributed by atoms with van der Waals surface area (Å²) in [5.41, 5.74) is 0. The van der Waals surface area contributed by atoms with Crippen LogP contribution in [0.3, 0.4) is 0 Å².